The van der Waals surface area contributed by atoms with Crippen LogP contribution in [-0.4, -0.2) is 29.0 Å². The van der Waals surface area contributed by atoms with Gasteiger partial charge in [-0.3, -0.25) is 4.79 Å². The summed E-state index contributed by atoms with van der Waals surface area (Å²) in [5.41, 5.74) is 5.70. The molecule has 0 radical (unpaired) electrons. The molecule has 1 amide bonds. The molecule has 0 bridgehead atoms. The fourth-order valence-corrected chi connectivity index (χ4v) is 3.18. The number of hydrogen-bond donors (Lipinski definition) is 2. The largest absolute Gasteiger partial charge is 0.351 e. The zero-order chi connectivity index (χ0) is 11.3. The number of carbonyl (C=O) groups excluding carboxylic acids is 1. The van der Waals surface area contributed by atoms with Gasteiger partial charge in [-0.25, -0.2) is 0 Å². The Morgan fingerprint density at radius 1 is 1.53 bits per heavy atom. The van der Waals surface area contributed by atoms with Crippen LogP contribution in [0.5, 0.6) is 0 Å². The highest BCUT2D eigenvalue weighted by Crippen LogP contribution is 2.29. The van der Waals surface area contributed by atoms with E-state index in [1.165, 1.54) is 12.8 Å². The Labute approximate surface area is 96.6 Å². The van der Waals surface area contributed by atoms with Gasteiger partial charge in [0, 0.05) is 11.3 Å². The van der Waals surface area contributed by atoms with Crippen LogP contribution < -0.4 is 11.1 Å². The molecule has 1 saturated carbocycles. The molecule has 0 aromatic heterocycles. The van der Waals surface area contributed by atoms with Crippen molar-refractivity contribution in [2.75, 3.05) is 5.75 Å². The van der Waals surface area contributed by atoms with E-state index in [9.17, 15) is 4.79 Å². The van der Waals surface area contributed by atoms with Crippen LogP contribution in [0.2, 0.25) is 0 Å². The van der Waals surface area contributed by atoms with Crippen molar-refractivity contribution in [1.82, 2.24) is 5.32 Å². The number of rotatable bonds is 5. The summed E-state index contributed by atoms with van der Waals surface area (Å²) in [4.78, 5) is 11.6. The number of hydrogen-bond acceptors (Lipinski definition) is 3. The summed E-state index contributed by atoms with van der Waals surface area (Å²) in [6.07, 6.45) is 4.28. The van der Waals surface area contributed by atoms with Crippen LogP contribution in [0, 0.1) is 0 Å². The van der Waals surface area contributed by atoms with Gasteiger partial charge in [0.05, 0.1) is 6.04 Å². The van der Waals surface area contributed by atoms with Gasteiger partial charge in [-0.1, -0.05) is 20.3 Å². The van der Waals surface area contributed by atoms with Gasteiger partial charge < -0.3 is 11.1 Å². The maximum absolute atomic E-state index is 11.6. The number of nitrogens with one attached hydrogen (secondary N) is 1. The van der Waals surface area contributed by atoms with Crippen molar-refractivity contribution in [2.45, 2.75) is 56.9 Å². The van der Waals surface area contributed by atoms with E-state index in [4.69, 9.17) is 5.73 Å². The summed E-state index contributed by atoms with van der Waals surface area (Å²) in [7, 11) is 0. The maximum atomic E-state index is 11.6. The van der Waals surface area contributed by atoms with Gasteiger partial charge in [-0.15, -0.1) is 0 Å². The molecule has 1 aliphatic carbocycles. The summed E-state index contributed by atoms with van der Waals surface area (Å²) in [5, 5.41) is 3.68. The number of amides is 1. The van der Waals surface area contributed by atoms with E-state index >= 15 is 0 Å². The molecule has 4 heteroatoms. The van der Waals surface area contributed by atoms with Crippen molar-refractivity contribution in [2.24, 2.45) is 5.73 Å². The topological polar surface area (TPSA) is 55.1 Å². The minimum Gasteiger partial charge on any atom is -0.351 e. The summed E-state index contributed by atoms with van der Waals surface area (Å²) >= 11 is 1.95. The lowest BCUT2D eigenvalue weighted by Crippen LogP contribution is -2.47. The smallest absolute Gasteiger partial charge is 0.237 e. The summed E-state index contributed by atoms with van der Waals surface area (Å²) < 4.78 is 0. The first-order chi connectivity index (χ1) is 7.19. The van der Waals surface area contributed by atoms with Gasteiger partial charge in [-0.05, 0) is 25.0 Å². The van der Waals surface area contributed by atoms with Crippen molar-refractivity contribution in [1.29, 1.82) is 0 Å². The highest BCUT2D eigenvalue weighted by Gasteiger charge is 2.29. The second-order valence-corrected chi connectivity index (χ2v) is 5.57. The molecule has 0 saturated heterocycles. The first kappa shape index (κ1) is 12.8. The monoisotopic (exact) mass is 230 g/mol. The van der Waals surface area contributed by atoms with E-state index in [2.05, 4.69) is 12.2 Å². The molecule has 3 atom stereocenters. The molecule has 0 aromatic rings. The SMILES string of the molecule is CCSC1CCCC1NC(=O)C(N)CC. The molecule has 0 aromatic carbocycles. The molecular formula is C11H22N2OS. The molecule has 3 N–H and O–H groups in total. The van der Waals surface area contributed by atoms with E-state index in [1.807, 2.05) is 18.7 Å². The van der Waals surface area contributed by atoms with Crippen molar-refractivity contribution >= 4 is 17.7 Å². The fraction of sp³-hybridized carbons (Fsp3) is 0.909. The lowest BCUT2D eigenvalue weighted by Gasteiger charge is -2.21. The molecule has 3 unspecified atom stereocenters. The number of nitrogens with two attached hydrogens (primary N) is 1. The average Bonchev–Trinajstić information content (AvgIpc) is 2.65. The Morgan fingerprint density at radius 3 is 2.87 bits per heavy atom. The van der Waals surface area contributed by atoms with Crippen LogP contribution >= 0.6 is 11.8 Å². The summed E-state index contributed by atoms with van der Waals surface area (Å²) in [5.74, 6) is 1.14. The van der Waals surface area contributed by atoms with Crippen molar-refractivity contribution in [3.63, 3.8) is 0 Å². The molecule has 0 aliphatic heterocycles. The molecule has 1 rings (SSSR count). The van der Waals surface area contributed by atoms with Crippen LogP contribution in [0.4, 0.5) is 0 Å². The molecule has 88 valence electrons. The van der Waals surface area contributed by atoms with E-state index in [1.54, 1.807) is 0 Å². The molecule has 1 aliphatic rings. The maximum Gasteiger partial charge on any atom is 0.237 e. The minimum atomic E-state index is -0.335. The Kier molecular flexibility index (Phi) is 5.47. The van der Waals surface area contributed by atoms with Gasteiger partial charge in [0.2, 0.25) is 5.91 Å². The lowest BCUT2D eigenvalue weighted by molar-refractivity contribution is -0.123. The quantitative estimate of drug-likeness (QED) is 0.753. The standard InChI is InChI=1S/C11H22N2OS/c1-3-8(12)11(14)13-9-6-5-7-10(9)15-4-2/h8-10H,3-7,12H2,1-2H3,(H,13,14). The predicted octanol–water partition coefficient (Wildman–Crippen LogP) is 1.51. The van der Waals surface area contributed by atoms with E-state index in [0.29, 0.717) is 17.7 Å². The normalized spacial score (nSPS) is 27.7. The number of carbonyl (C=O) groups is 1. The van der Waals surface area contributed by atoms with E-state index < -0.39 is 0 Å². The summed E-state index contributed by atoms with van der Waals surface area (Å²) in [6, 6.07) is 0.0120. The molecule has 15 heavy (non-hydrogen) atoms. The fourth-order valence-electron chi connectivity index (χ4n) is 1.98. The average molecular weight is 230 g/mol. The van der Waals surface area contributed by atoms with Gasteiger partial charge in [-0.2, -0.15) is 11.8 Å². The van der Waals surface area contributed by atoms with Crippen LogP contribution in [0.15, 0.2) is 0 Å². The Bertz CT molecular complexity index is 211. The zero-order valence-corrected chi connectivity index (χ0v) is 10.5. The second-order valence-electron chi connectivity index (χ2n) is 4.05. The number of thioether (sulfide) groups is 1. The lowest BCUT2D eigenvalue weighted by atomic mass is 10.2. The Balaban J connectivity index is 2.39. The van der Waals surface area contributed by atoms with Gasteiger partial charge in [0.25, 0.3) is 0 Å². The molecule has 3 nitrogen and oxygen atoms in total. The van der Waals surface area contributed by atoms with E-state index in [0.717, 1.165) is 12.2 Å². The first-order valence-corrected chi connectivity index (χ1v) is 6.91. The molecular weight excluding hydrogens is 208 g/mol. The van der Waals surface area contributed by atoms with E-state index in [-0.39, 0.29) is 11.9 Å². The summed E-state index contributed by atoms with van der Waals surface area (Å²) in [6.45, 7) is 4.11. The van der Waals surface area contributed by atoms with Gasteiger partial charge in [0.15, 0.2) is 0 Å². The second kappa shape index (κ2) is 6.38. The molecule has 0 heterocycles. The Morgan fingerprint density at radius 2 is 2.27 bits per heavy atom. The van der Waals surface area contributed by atoms with Crippen molar-refractivity contribution in [3.05, 3.63) is 0 Å². The highest BCUT2D eigenvalue weighted by molar-refractivity contribution is 7.99. The van der Waals surface area contributed by atoms with Gasteiger partial charge in [0.1, 0.15) is 0 Å². The molecule has 0 spiro atoms. The van der Waals surface area contributed by atoms with Crippen LogP contribution in [-0.2, 0) is 4.79 Å². The van der Waals surface area contributed by atoms with Crippen LogP contribution in [0.3, 0.4) is 0 Å². The highest BCUT2D eigenvalue weighted by atomic mass is 32.2. The van der Waals surface area contributed by atoms with Gasteiger partial charge >= 0.3 is 0 Å². The first-order valence-electron chi connectivity index (χ1n) is 5.86. The Hall–Kier alpha value is -0.220. The van der Waals surface area contributed by atoms with Crippen LogP contribution in [0.1, 0.15) is 39.5 Å². The van der Waals surface area contributed by atoms with Crippen molar-refractivity contribution in [3.8, 4) is 0 Å². The van der Waals surface area contributed by atoms with Crippen LogP contribution in [0.25, 0.3) is 0 Å². The zero-order valence-electron chi connectivity index (χ0n) is 9.66. The predicted molar refractivity (Wildman–Crippen MR) is 66.0 cm³/mol. The third kappa shape index (κ3) is 3.68. The third-order valence-corrected chi connectivity index (χ3v) is 4.26. The third-order valence-electron chi connectivity index (χ3n) is 2.94. The molecule has 1 fully saturated rings. The van der Waals surface area contributed by atoms with Crippen molar-refractivity contribution < 1.29 is 4.79 Å². The minimum absolute atomic E-state index is 0.0195.